The van der Waals surface area contributed by atoms with Crippen LogP contribution in [0.3, 0.4) is 0 Å². The first-order valence-corrected chi connectivity index (χ1v) is 5.62. The fourth-order valence-corrected chi connectivity index (χ4v) is 1.42. The largest absolute Gasteiger partial charge is 0.396 e. The minimum atomic E-state index is -4.27. The van der Waals surface area contributed by atoms with Crippen molar-refractivity contribution in [2.75, 3.05) is 0 Å². The SMILES string of the molecule is C/C(=C\C=C(\Cl)C(C)C(F)(F)F)CC(C)C. The van der Waals surface area contributed by atoms with E-state index in [9.17, 15) is 13.2 Å². The molecule has 0 rings (SSSR count). The molecule has 1 unspecified atom stereocenters. The first kappa shape index (κ1) is 15.6. The van der Waals surface area contributed by atoms with Gasteiger partial charge in [0, 0.05) is 5.03 Å². The maximum absolute atomic E-state index is 12.3. The predicted molar refractivity (Wildman–Crippen MR) is 62.4 cm³/mol. The van der Waals surface area contributed by atoms with Crippen LogP contribution in [-0.4, -0.2) is 6.18 Å². The van der Waals surface area contributed by atoms with Crippen LogP contribution in [0.4, 0.5) is 13.2 Å². The summed E-state index contributed by atoms with van der Waals surface area (Å²) < 4.78 is 36.9. The van der Waals surface area contributed by atoms with Crippen molar-refractivity contribution in [2.24, 2.45) is 11.8 Å². The molecule has 0 saturated carbocycles. The summed E-state index contributed by atoms with van der Waals surface area (Å²) in [6.07, 6.45) is -0.406. The van der Waals surface area contributed by atoms with Crippen LogP contribution >= 0.6 is 11.6 Å². The third-order valence-corrected chi connectivity index (χ3v) is 2.62. The van der Waals surface area contributed by atoms with E-state index in [-0.39, 0.29) is 5.03 Å². The topological polar surface area (TPSA) is 0 Å². The molecule has 1 atom stereocenters. The number of rotatable bonds is 4. The van der Waals surface area contributed by atoms with Crippen LogP contribution in [-0.2, 0) is 0 Å². The van der Waals surface area contributed by atoms with Gasteiger partial charge in [-0.15, -0.1) is 0 Å². The smallest absolute Gasteiger partial charge is 0.170 e. The number of hydrogen-bond donors (Lipinski definition) is 0. The summed E-state index contributed by atoms with van der Waals surface area (Å²) >= 11 is 5.59. The van der Waals surface area contributed by atoms with Gasteiger partial charge in [-0.3, -0.25) is 0 Å². The van der Waals surface area contributed by atoms with Gasteiger partial charge in [0.1, 0.15) is 0 Å². The van der Waals surface area contributed by atoms with Crippen LogP contribution in [0, 0.1) is 11.8 Å². The zero-order valence-corrected chi connectivity index (χ0v) is 10.8. The average molecular weight is 255 g/mol. The molecule has 0 radical (unpaired) electrons. The first-order chi connectivity index (χ1) is 7.14. The van der Waals surface area contributed by atoms with E-state index in [1.165, 1.54) is 6.08 Å². The summed E-state index contributed by atoms with van der Waals surface area (Å²) in [5, 5.41) is -0.171. The summed E-state index contributed by atoms with van der Waals surface area (Å²) in [5.74, 6) is -1.11. The highest BCUT2D eigenvalue weighted by molar-refractivity contribution is 6.30. The molecule has 0 aliphatic carbocycles. The lowest BCUT2D eigenvalue weighted by molar-refractivity contribution is -0.157. The Bertz CT molecular complexity index is 274. The molecule has 0 amide bonds. The second-order valence-corrected chi connectivity index (χ2v) is 4.86. The quantitative estimate of drug-likeness (QED) is 0.597. The van der Waals surface area contributed by atoms with Gasteiger partial charge in [-0.25, -0.2) is 0 Å². The van der Waals surface area contributed by atoms with Gasteiger partial charge in [-0.2, -0.15) is 13.2 Å². The van der Waals surface area contributed by atoms with E-state index in [2.05, 4.69) is 13.8 Å². The lowest BCUT2D eigenvalue weighted by Gasteiger charge is -2.14. The van der Waals surface area contributed by atoms with Crippen LogP contribution in [0.1, 0.15) is 34.1 Å². The van der Waals surface area contributed by atoms with Gasteiger partial charge in [0.25, 0.3) is 0 Å². The van der Waals surface area contributed by atoms with Crippen molar-refractivity contribution in [1.29, 1.82) is 0 Å². The Labute approximate surface area is 100 Å². The molecule has 0 bridgehead atoms. The molecular weight excluding hydrogens is 237 g/mol. The Balaban J connectivity index is 4.55. The van der Waals surface area contributed by atoms with E-state index in [1.807, 2.05) is 6.92 Å². The van der Waals surface area contributed by atoms with Crippen molar-refractivity contribution in [3.05, 3.63) is 22.8 Å². The maximum atomic E-state index is 12.3. The average Bonchev–Trinajstić information content (AvgIpc) is 2.10. The summed E-state index contributed by atoms with van der Waals surface area (Å²) in [4.78, 5) is 0. The fourth-order valence-electron chi connectivity index (χ4n) is 1.23. The van der Waals surface area contributed by atoms with E-state index in [1.54, 1.807) is 6.08 Å². The molecule has 0 nitrogen and oxygen atoms in total. The summed E-state index contributed by atoms with van der Waals surface area (Å²) in [6.45, 7) is 7.06. The van der Waals surface area contributed by atoms with Crippen molar-refractivity contribution >= 4 is 11.6 Å². The van der Waals surface area contributed by atoms with Crippen LogP contribution in [0.2, 0.25) is 0 Å². The second-order valence-electron chi connectivity index (χ2n) is 4.43. The van der Waals surface area contributed by atoms with Gasteiger partial charge < -0.3 is 0 Å². The molecule has 0 fully saturated rings. The normalized spacial score (nSPS) is 16.8. The Morgan fingerprint density at radius 1 is 1.19 bits per heavy atom. The third-order valence-electron chi connectivity index (χ3n) is 2.16. The van der Waals surface area contributed by atoms with E-state index in [4.69, 9.17) is 11.6 Å². The van der Waals surface area contributed by atoms with Gasteiger partial charge >= 0.3 is 6.18 Å². The Hall–Kier alpha value is -0.440. The molecule has 0 aliphatic rings. The zero-order valence-electron chi connectivity index (χ0n) is 10.0. The van der Waals surface area contributed by atoms with Crippen LogP contribution < -0.4 is 0 Å². The molecule has 0 heterocycles. The number of hydrogen-bond acceptors (Lipinski definition) is 0. The fraction of sp³-hybridized carbons (Fsp3) is 0.667. The van der Waals surface area contributed by atoms with Crippen molar-refractivity contribution < 1.29 is 13.2 Å². The molecule has 0 aromatic carbocycles. The minimum absolute atomic E-state index is 0.171. The highest BCUT2D eigenvalue weighted by atomic mass is 35.5. The summed E-state index contributed by atoms with van der Waals surface area (Å²) in [6, 6.07) is 0. The standard InChI is InChI=1S/C12H18ClF3/c1-8(2)7-9(3)5-6-11(13)10(4)12(14,15)16/h5-6,8,10H,7H2,1-4H3/b9-5+,11-6+. The molecule has 16 heavy (non-hydrogen) atoms. The van der Waals surface area contributed by atoms with E-state index < -0.39 is 12.1 Å². The molecule has 0 aromatic rings. The van der Waals surface area contributed by atoms with E-state index in [0.717, 1.165) is 18.9 Å². The van der Waals surface area contributed by atoms with Gasteiger partial charge in [0.05, 0.1) is 5.92 Å². The minimum Gasteiger partial charge on any atom is -0.170 e. The van der Waals surface area contributed by atoms with Crippen molar-refractivity contribution in [3.63, 3.8) is 0 Å². The van der Waals surface area contributed by atoms with Crippen LogP contribution in [0.25, 0.3) is 0 Å². The molecule has 0 N–H and O–H groups in total. The number of alkyl halides is 3. The van der Waals surface area contributed by atoms with E-state index in [0.29, 0.717) is 5.92 Å². The van der Waals surface area contributed by atoms with Gasteiger partial charge in [-0.05, 0) is 32.3 Å². The van der Waals surface area contributed by atoms with Gasteiger partial charge in [0.2, 0.25) is 0 Å². The van der Waals surface area contributed by atoms with E-state index >= 15 is 0 Å². The lowest BCUT2D eigenvalue weighted by atomic mass is 10.0. The molecule has 0 aromatic heterocycles. The molecule has 94 valence electrons. The third kappa shape index (κ3) is 6.21. The maximum Gasteiger partial charge on any atom is 0.396 e. The molecule has 0 saturated heterocycles. The highest BCUT2D eigenvalue weighted by Crippen LogP contribution is 2.33. The number of halogens is 4. The predicted octanol–water partition coefficient (Wildman–Crippen LogP) is 5.30. The highest BCUT2D eigenvalue weighted by Gasteiger charge is 2.37. The molecular formula is C12H18ClF3. The molecule has 0 aliphatic heterocycles. The zero-order chi connectivity index (χ0) is 12.9. The molecule has 4 heteroatoms. The van der Waals surface area contributed by atoms with Crippen molar-refractivity contribution in [1.82, 2.24) is 0 Å². The first-order valence-electron chi connectivity index (χ1n) is 5.24. The number of allylic oxidation sites excluding steroid dienone is 4. The lowest BCUT2D eigenvalue weighted by Crippen LogP contribution is -2.19. The molecule has 0 spiro atoms. The monoisotopic (exact) mass is 254 g/mol. The van der Waals surface area contributed by atoms with Crippen LogP contribution in [0.5, 0.6) is 0 Å². The van der Waals surface area contributed by atoms with Crippen molar-refractivity contribution in [3.8, 4) is 0 Å². The van der Waals surface area contributed by atoms with Crippen molar-refractivity contribution in [2.45, 2.75) is 40.3 Å². The summed E-state index contributed by atoms with van der Waals surface area (Å²) in [7, 11) is 0. The Morgan fingerprint density at radius 3 is 2.06 bits per heavy atom. The Kier molecular flexibility index (Phi) is 6.16. The Morgan fingerprint density at radius 2 is 1.69 bits per heavy atom. The second kappa shape index (κ2) is 6.33. The van der Waals surface area contributed by atoms with Crippen LogP contribution in [0.15, 0.2) is 22.8 Å². The van der Waals surface area contributed by atoms with Gasteiger partial charge in [0.15, 0.2) is 0 Å². The summed E-state index contributed by atoms with van der Waals surface area (Å²) in [5.41, 5.74) is 1.03. The van der Waals surface area contributed by atoms with Gasteiger partial charge in [-0.1, -0.05) is 37.1 Å².